The van der Waals surface area contributed by atoms with E-state index in [1.807, 2.05) is 30.3 Å². The van der Waals surface area contributed by atoms with Crippen molar-refractivity contribution in [3.8, 4) is 11.3 Å². The molecular formula is C16H16N2O5. The molecule has 0 unspecified atom stereocenters. The van der Waals surface area contributed by atoms with Gasteiger partial charge in [-0.3, -0.25) is 4.79 Å². The van der Waals surface area contributed by atoms with E-state index in [1.165, 1.54) is 0 Å². The maximum atomic E-state index is 12.3. The predicted octanol–water partition coefficient (Wildman–Crippen LogP) is 0.599. The van der Waals surface area contributed by atoms with E-state index < -0.39 is 6.10 Å². The van der Waals surface area contributed by atoms with Crippen LogP contribution in [0.5, 0.6) is 0 Å². The van der Waals surface area contributed by atoms with E-state index in [9.17, 15) is 9.90 Å². The third-order valence-corrected chi connectivity index (χ3v) is 4.15. The molecule has 4 atom stereocenters. The quantitative estimate of drug-likeness (QED) is 0.861. The van der Waals surface area contributed by atoms with Gasteiger partial charge in [-0.15, -0.1) is 0 Å². The molecule has 2 fully saturated rings. The molecule has 3 heterocycles. The number of nitrogens with zero attached hydrogens (tertiary/aromatic N) is 1. The van der Waals surface area contributed by atoms with Gasteiger partial charge in [0, 0.05) is 11.6 Å². The highest BCUT2D eigenvalue weighted by Crippen LogP contribution is 2.27. The first-order valence-electron chi connectivity index (χ1n) is 7.46. The first-order chi connectivity index (χ1) is 11.2. The van der Waals surface area contributed by atoms with Gasteiger partial charge in [0.2, 0.25) is 5.76 Å². The van der Waals surface area contributed by atoms with Crippen LogP contribution in [0.1, 0.15) is 10.6 Å². The van der Waals surface area contributed by atoms with Crippen LogP contribution in [-0.4, -0.2) is 53.7 Å². The minimum atomic E-state index is -0.642. The van der Waals surface area contributed by atoms with Crippen LogP contribution in [0.2, 0.25) is 0 Å². The number of amides is 1. The molecule has 2 aliphatic heterocycles. The standard InChI is InChI=1S/C16H16N2O5/c19-12-8-22-14-11(7-21-15(12)14)17-16(20)13-6-10(18-23-13)9-4-2-1-3-5-9/h1-6,11-12,14-15,19H,7-8H2,(H,17,20)/t11-,12-,14-,15-/m1/s1. The number of aromatic nitrogens is 1. The van der Waals surface area contributed by atoms with Crippen LogP contribution >= 0.6 is 0 Å². The molecule has 2 aromatic rings. The van der Waals surface area contributed by atoms with Crippen molar-refractivity contribution in [2.45, 2.75) is 24.4 Å². The minimum Gasteiger partial charge on any atom is -0.388 e. The predicted molar refractivity (Wildman–Crippen MR) is 78.7 cm³/mol. The van der Waals surface area contributed by atoms with Gasteiger partial charge >= 0.3 is 0 Å². The number of rotatable bonds is 3. The van der Waals surface area contributed by atoms with E-state index in [0.717, 1.165) is 5.56 Å². The highest BCUT2D eigenvalue weighted by molar-refractivity contribution is 5.92. The zero-order chi connectivity index (χ0) is 15.8. The van der Waals surface area contributed by atoms with Gasteiger partial charge in [0.1, 0.15) is 24.0 Å². The lowest BCUT2D eigenvalue weighted by Gasteiger charge is -2.16. The molecule has 4 rings (SSSR count). The maximum absolute atomic E-state index is 12.3. The molecular weight excluding hydrogens is 300 g/mol. The molecule has 0 saturated carbocycles. The van der Waals surface area contributed by atoms with E-state index in [-0.39, 0.29) is 36.5 Å². The Balaban J connectivity index is 1.45. The summed E-state index contributed by atoms with van der Waals surface area (Å²) in [5.41, 5.74) is 1.48. The second kappa shape index (κ2) is 5.77. The molecule has 0 aliphatic carbocycles. The fourth-order valence-corrected chi connectivity index (χ4v) is 2.97. The van der Waals surface area contributed by atoms with E-state index in [4.69, 9.17) is 14.0 Å². The number of aliphatic hydroxyl groups is 1. The molecule has 120 valence electrons. The van der Waals surface area contributed by atoms with Crippen LogP contribution < -0.4 is 5.32 Å². The lowest BCUT2D eigenvalue weighted by molar-refractivity contribution is 0.0178. The number of carbonyl (C=O) groups is 1. The van der Waals surface area contributed by atoms with Crippen LogP contribution in [0, 0.1) is 0 Å². The molecule has 2 saturated heterocycles. The van der Waals surface area contributed by atoms with Crippen LogP contribution in [-0.2, 0) is 9.47 Å². The third kappa shape index (κ3) is 2.63. The molecule has 0 radical (unpaired) electrons. The molecule has 0 spiro atoms. The number of aliphatic hydroxyl groups excluding tert-OH is 1. The SMILES string of the molecule is O=C(N[C@@H]1CO[C@H]2[C@@H]1OC[C@H]2O)c1cc(-c2ccccc2)no1. The van der Waals surface area contributed by atoms with Gasteiger partial charge < -0.3 is 24.4 Å². The van der Waals surface area contributed by atoms with Gasteiger partial charge in [-0.1, -0.05) is 35.5 Å². The number of ether oxygens (including phenoxy) is 2. The van der Waals surface area contributed by atoms with Crippen molar-refractivity contribution in [3.05, 3.63) is 42.2 Å². The molecule has 1 aromatic carbocycles. The van der Waals surface area contributed by atoms with Crippen molar-refractivity contribution >= 4 is 5.91 Å². The van der Waals surface area contributed by atoms with Gasteiger partial charge in [-0.25, -0.2) is 0 Å². The highest BCUT2D eigenvalue weighted by Gasteiger charge is 2.47. The average Bonchev–Trinajstić information content (AvgIpc) is 3.28. The zero-order valence-corrected chi connectivity index (χ0v) is 12.2. The number of nitrogens with one attached hydrogen (secondary N) is 1. The van der Waals surface area contributed by atoms with E-state index in [2.05, 4.69) is 10.5 Å². The van der Waals surface area contributed by atoms with Crippen LogP contribution in [0.25, 0.3) is 11.3 Å². The number of hydrogen-bond donors (Lipinski definition) is 2. The van der Waals surface area contributed by atoms with E-state index in [1.54, 1.807) is 6.07 Å². The second-order valence-corrected chi connectivity index (χ2v) is 5.69. The first kappa shape index (κ1) is 14.4. The van der Waals surface area contributed by atoms with Crippen LogP contribution in [0.4, 0.5) is 0 Å². The fourth-order valence-electron chi connectivity index (χ4n) is 2.97. The van der Waals surface area contributed by atoms with Crippen molar-refractivity contribution in [3.63, 3.8) is 0 Å². The van der Waals surface area contributed by atoms with Crippen molar-refractivity contribution in [2.75, 3.05) is 13.2 Å². The summed E-state index contributed by atoms with van der Waals surface area (Å²) in [5.74, 6) is -0.246. The number of carbonyl (C=O) groups excluding carboxylic acids is 1. The summed E-state index contributed by atoms with van der Waals surface area (Å²) in [7, 11) is 0. The van der Waals surface area contributed by atoms with Crippen LogP contribution in [0.15, 0.2) is 40.9 Å². The first-order valence-corrected chi connectivity index (χ1v) is 7.46. The summed E-state index contributed by atoms with van der Waals surface area (Å²) < 4.78 is 16.1. The molecule has 2 N–H and O–H groups in total. The van der Waals surface area contributed by atoms with Crippen molar-refractivity contribution in [1.29, 1.82) is 0 Å². The Labute approximate surface area is 132 Å². The summed E-state index contributed by atoms with van der Waals surface area (Å²) in [6, 6.07) is 10.8. The smallest absolute Gasteiger partial charge is 0.290 e. The largest absolute Gasteiger partial charge is 0.388 e. The topological polar surface area (TPSA) is 93.8 Å². The molecule has 7 nitrogen and oxygen atoms in total. The molecule has 23 heavy (non-hydrogen) atoms. The number of fused-ring (bicyclic) bond motifs is 1. The normalized spacial score (nSPS) is 29.4. The third-order valence-electron chi connectivity index (χ3n) is 4.15. The lowest BCUT2D eigenvalue weighted by Crippen LogP contribution is -2.44. The minimum absolute atomic E-state index is 0.130. The van der Waals surface area contributed by atoms with E-state index in [0.29, 0.717) is 12.3 Å². The Hall–Kier alpha value is -2.22. The van der Waals surface area contributed by atoms with Gasteiger partial charge in [0.05, 0.1) is 19.3 Å². The van der Waals surface area contributed by atoms with Crippen molar-refractivity contribution in [2.24, 2.45) is 0 Å². The summed E-state index contributed by atoms with van der Waals surface area (Å²) in [4.78, 5) is 12.3. The second-order valence-electron chi connectivity index (χ2n) is 5.69. The summed E-state index contributed by atoms with van der Waals surface area (Å²) in [5, 5.41) is 16.4. The Kier molecular flexibility index (Phi) is 3.60. The van der Waals surface area contributed by atoms with Gasteiger partial charge in [0.15, 0.2) is 0 Å². The van der Waals surface area contributed by atoms with Crippen molar-refractivity contribution in [1.82, 2.24) is 10.5 Å². The monoisotopic (exact) mass is 316 g/mol. The Morgan fingerprint density at radius 3 is 2.78 bits per heavy atom. The number of benzene rings is 1. The van der Waals surface area contributed by atoms with Gasteiger partial charge in [-0.05, 0) is 0 Å². The molecule has 7 heteroatoms. The lowest BCUT2D eigenvalue weighted by atomic mass is 10.1. The Bertz CT molecular complexity index is 702. The van der Waals surface area contributed by atoms with Crippen molar-refractivity contribution < 1.29 is 23.9 Å². The summed E-state index contributed by atoms with van der Waals surface area (Å²) in [6.45, 7) is 0.528. The number of hydrogen-bond acceptors (Lipinski definition) is 6. The fraction of sp³-hybridized carbons (Fsp3) is 0.375. The summed E-state index contributed by atoms with van der Waals surface area (Å²) >= 11 is 0. The van der Waals surface area contributed by atoms with Crippen LogP contribution in [0.3, 0.4) is 0 Å². The van der Waals surface area contributed by atoms with Gasteiger partial charge in [-0.2, -0.15) is 0 Å². The summed E-state index contributed by atoms with van der Waals surface area (Å²) in [6.07, 6.45) is -1.35. The molecule has 1 aromatic heterocycles. The van der Waals surface area contributed by atoms with E-state index >= 15 is 0 Å². The molecule has 1 amide bonds. The Morgan fingerprint density at radius 2 is 1.96 bits per heavy atom. The average molecular weight is 316 g/mol. The molecule has 0 bridgehead atoms. The maximum Gasteiger partial charge on any atom is 0.290 e. The van der Waals surface area contributed by atoms with Gasteiger partial charge in [0.25, 0.3) is 5.91 Å². The molecule has 2 aliphatic rings. The highest BCUT2D eigenvalue weighted by atomic mass is 16.6. The zero-order valence-electron chi connectivity index (χ0n) is 12.2. The Morgan fingerprint density at radius 1 is 1.17 bits per heavy atom.